The van der Waals surface area contributed by atoms with E-state index in [0.29, 0.717) is 17.5 Å². The SMILES string of the molecule is Cc1cc(C(C(=O)NC(Cc2ccccc2)C(=O)OC(C)(C)C)N(C(=O)C(CCC(N)=O)NC(=O)OC(C)(C)C)C2CC2C)ccc1O. The van der Waals surface area contributed by atoms with Crippen LogP contribution in [-0.2, 0) is 35.1 Å². The maximum atomic E-state index is 14.5. The molecule has 0 spiro atoms. The van der Waals surface area contributed by atoms with Crippen LogP contribution >= 0.6 is 0 Å². The summed E-state index contributed by atoms with van der Waals surface area (Å²) in [6.07, 6.45) is -0.530. The number of phenols is 1. The number of primary amides is 1. The van der Waals surface area contributed by atoms with E-state index in [-0.39, 0.29) is 30.9 Å². The number of aryl methyl sites for hydroxylation is 1. The van der Waals surface area contributed by atoms with E-state index in [1.165, 1.54) is 11.0 Å². The van der Waals surface area contributed by atoms with Gasteiger partial charge in [0.05, 0.1) is 0 Å². The van der Waals surface area contributed by atoms with E-state index in [9.17, 15) is 29.1 Å². The van der Waals surface area contributed by atoms with Gasteiger partial charge in [-0.3, -0.25) is 14.4 Å². The minimum absolute atomic E-state index is 0.00258. The van der Waals surface area contributed by atoms with Crippen LogP contribution in [0.4, 0.5) is 4.79 Å². The number of hydrogen-bond acceptors (Lipinski definition) is 8. The highest BCUT2D eigenvalue weighted by Crippen LogP contribution is 2.41. The fourth-order valence-corrected chi connectivity index (χ4v) is 5.30. The van der Waals surface area contributed by atoms with Crippen molar-refractivity contribution in [1.29, 1.82) is 0 Å². The van der Waals surface area contributed by atoms with Crippen LogP contribution in [-0.4, -0.2) is 69.1 Å². The molecule has 1 aliphatic rings. The average molecular weight is 667 g/mol. The molecule has 4 amide bonds. The fourth-order valence-electron chi connectivity index (χ4n) is 5.30. The van der Waals surface area contributed by atoms with Crippen LogP contribution < -0.4 is 16.4 Å². The zero-order valence-corrected chi connectivity index (χ0v) is 29.2. The van der Waals surface area contributed by atoms with E-state index in [0.717, 1.165) is 5.56 Å². The van der Waals surface area contributed by atoms with Crippen LogP contribution in [0.1, 0.15) is 90.5 Å². The second kappa shape index (κ2) is 15.5. The van der Waals surface area contributed by atoms with Crippen molar-refractivity contribution in [3.05, 3.63) is 65.2 Å². The summed E-state index contributed by atoms with van der Waals surface area (Å²) in [5.74, 6) is -2.60. The average Bonchev–Trinajstić information content (AvgIpc) is 3.68. The van der Waals surface area contributed by atoms with Crippen LogP contribution in [0.5, 0.6) is 5.75 Å². The largest absolute Gasteiger partial charge is 0.508 e. The quantitative estimate of drug-likeness (QED) is 0.230. The Morgan fingerprint density at radius 3 is 2.06 bits per heavy atom. The van der Waals surface area contributed by atoms with Crippen molar-refractivity contribution in [2.24, 2.45) is 11.7 Å². The van der Waals surface area contributed by atoms with Crippen molar-refractivity contribution < 1.29 is 38.6 Å². The second-order valence-electron chi connectivity index (χ2n) is 14.5. The van der Waals surface area contributed by atoms with Gasteiger partial charge in [0, 0.05) is 18.9 Å². The number of carbonyl (C=O) groups excluding carboxylic acids is 5. The predicted molar refractivity (Wildman–Crippen MR) is 180 cm³/mol. The minimum Gasteiger partial charge on any atom is -0.508 e. The lowest BCUT2D eigenvalue weighted by Crippen LogP contribution is -2.56. The summed E-state index contributed by atoms with van der Waals surface area (Å²) in [5, 5.41) is 15.8. The number of alkyl carbamates (subject to hydrolysis) is 1. The third kappa shape index (κ3) is 11.3. The van der Waals surface area contributed by atoms with Gasteiger partial charge in [0.2, 0.25) is 17.7 Å². The first kappa shape index (κ1) is 37.8. The van der Waals surface area contributed by atoms with E-state index in [1.54, 1.807) is 60.6 Å². The topological polar surface area (TPSA) is 177 Å². The molecule has 12 nitrogen and oxygen atoms in total. The van der Waals surface area contributed by atoms with Crippen LogP contribution in [0.3, 0.4) is 0 Å². The fraction of sp³-hybridized carbons (Fsp3) is 0.528. The highest BCUT2D eigenvalue weighted by Gasteiger charge is 2.49. The Kier molecular flexibility index (Phi) is 12.2. The van der Waals surface area contributed by atoms with Crippen molar-refractivity contribution in [3.8, 4) is 5.75 Å². The van der Waals surface area contributed by atoms with E-state index in [4.69, 9.17) is 15.2 Å². The molecule has 0 saturated heterocycles. The molecule has 48 heavy (non-hydrogen) atoms. The van der Waals surface area contributed by atoms with Gasteiger partial charge < -0.3 is 35.8 Å². The first-order chi connectivity index (χ1) is 22.3. The predicted octanol–water partition coefficient (Wildman–Crippen LogP) is 4.21. The second-order valence-corrected chi connectivity index (χ2v) is 14.5. The molecular weight excluding hydrogens is 616 g/mol. The molecule has 262 valence electrons. The summed E-state index contributed by atoms with van der Waals surface area (Å²) in [5.41, 5.74) is 5.34. The first-order valence-electron chi connectivity index (χ1n) is 16.2. The molecule has 2 aromatic rings. The zero-order valence-electron chi connectivity index (χ0n) is 29.2. The molecule has 0 aliphatic heterocycles. The van der Waals surface area contributed by atoms with Crippen molar-refractivity contribution in [1.82, 2.24) is 15.5 Å². The highest BCUT2D eigenvalue weighted by atomic mass is 16.6. The highest BCUT2D eigenvalue weighted by molar-refractivity contribution is 5.94. The molecule has 0 bridgehead atoms. The van der Waals surface area contributed by atoms with Gasteiger partial charge in [0.1, 0.15) is 35.1 Å². The Bertz CT molecular complexity index is 1480. The molecule has 2 aromatic carbocycles. The molecule has 5 atom stereocenters. The number of ether oxygens (including phenoxy) is 2. The number of rotatable bonds is 13. The molecule has 12 heteroatoms. The standard InChI is InChI=1S/C36H50N4O8/c1-21-19-27(21)40(32(44)25(15-17-29(37)42)39-34(46)48-36(6,7)8)30(24-14-16-28(41)22(2)18-24)31(43)38-26(33(45)47-35(3,4)5)20-23-12-10-9-11-13-23/h9-14,16,18,21,25-27,30,41H,15,17,19-20H2,1-8H3,(H2,37,42)(H,38,43)(H,39,46). The van der Waals surface area contributed by atoms with Gasteiger partial charge in [-0.1, -0.05) is 43.3 Å². The number of hydrogen-bond donors (Lipinski definition) is 4. The molecule has 1 fully saturated rings. The van der Waals surface area contributed by atoms with Gasteiger partial charge in [-0.2, -0.15) is 0 Å². The number of aromatic hydroxyl groups is 1. The van der Waals surface area contributed by atoms with Gasteiger partial charge in [-0.25, -0.2) is 9.59 Å². The lowest BCUT2D eigenvalue weighted by molar-refractivity contribution is -0.159. The van der Waals surface area contributed by atoms with Gasteiger partial charge in [-0.15, -0.1) is 0 Å². The van der Waals surface area contributed by atoms with E-state index < -0.39 is 65.2 Å². The van der Waals surface area contributed by atoms with E-state index in [1.807, 2.05) is 37.3 Å². The number of phenolic OH excluding ortho intramolecular Hbond substituents is 1. The molecule has 0 heterocycles. The number of nitrogens with zero attached hydrogens (tertiary/aromatic N) is 1. The maximum Gasteiger partial charge on any atom is 0.408 e. The van der Waals surface area contributed by atoms with Crippen molar-refractivity contribution in [2.45, 2.75) is 116 Å². The molecule has 5 unspecified atom stereocenters. The van der Waals surface area contributed by atoms with Crippen LogP contribution in [0, 0.1) is 12.8 Å². The van der Waals surface area contributed by atoms with Crippen LogP contribution in [0.2, 0.25) is 0 Å². The number of amides is 4. The van der Waals surface area contributed by atoms with Crippen molar-refractivity contribution in [2.75, 3.05) is 0 Å². The van der Waals surface area contributed by atoms with Gasteiger partial charge >= 0.3 is 12.1 Å². The zero-order chi connectivity index (χ0) is 36.0. The molecule has 0 aromatic heterocycles. The van der Waals surface area contributed by atoms with E-state index >= 15 is 0 Å². The summed E-state index contributed by atoms with van der Waals surface area (Å²) >= 11 is 0. The lowest BCUT2D eigenvalue weighted by atomic mass is 9.98. The monoisotopic (exact) mass is 666 g/mol. The summed E-state index contributed by atoms with van der Waals surface area (Å²) in [7, 11) is 0. The van der Waals surface area contributed by atoms with Crippen molar-refractivity contribution >= 4 is 29.8 Å². The lowest BCUT2D eigenvalue weighted by Gasteiger charge is -2.36. The molecular formula is C36H50N4O8. The minimum atomic E-state index is -1.29. The Balaban J connectivity index is 2.10. The van der Waals surface area contributed by atoms with E-state index in [2.05, 4.69) is 10.6 Å². The Morgan fingerprint density at radius 2 is 1.54 bits per heavy atom. The molecule has 1 saturated carbocycles. The number of nitrogens with two attached hydrogens (primary N) is 1. The van der Waals surface area contributed by atoms with Crippen molar-refractivity contribution in [3.63, 3.8) is 0 Å². The van der Waals surface area contributed by atoms with Gasteiger partial charge in [0.15, 0.2) is 0 Å². The summed E-state index contributed by atoms with van der Waals surface area (Å²) in [6.45, 7) is 13.8. The smallest absolute Gasteiger partial charge is 0.408 e. The van der Waals surface area contributed by atoms with Crippen LogP contribution in [0.15, 0.2) is 48.5 Å². The first-order valence-corrected chi connectivity index (χ1v) is 16.2. The third-order valence-electron chi connectivity index (χ3n) is 7.70. The number of benzene rings is 2. The van der Waals surface area contributed by atoms with Crippen LogP contribution in [0.25, 0.3) is 0 Å². The Labute approximate surface area is 282 Å². The molecule has 5 N–H and O–H groups in total. The number of esters is 1. The third-order valence-corrected chi connectivity index (χ3v) is 7.70. The number of nitrogens with one attached hydrogen (secondary N) is 2. The number of carbonyl (C=O) groups is 5. The molecule has 0 radical (unpaired) electrons. The maximum absolute atomic E-state index is 14.5. The summed E-state index contributed by atoms with van der Waals surface area (Å²) < 4.78 is 11.1. The summed E-state index contributed by atoms with van der Waals surface area (Å²) in [6, 6.07) is 9.65. The molecule has 1 aliphatic carbocycles. The Hall–Kier alpha value is -4.61. The normalized spacial score (nSPS) is 17.7. The molecule has 3 rings (SSSR count). The summed E-state index contributed by atoms with van der Waals surface area (Å²) in [4.78, 5) is 68.6. The van der Waals surface area contributed by atoms with Gasteiger partial charge in [0.25, 0.3) is 0 Å². The Morgan fingerprint density at radius 1 is 0.938 bits per heavy atom. The van der Waals surface area contributed by atoms with Gasteiger partial charge in [-0.05, 0) is 96.0 Å².